The quantitative estimate of drug-likeness (QED) is 0.527. The highest BCUT2D eigenvalue weighted by Crippen LogP contribution is 2.78. The highest BCUT2D eigenvalue weighted by atomic mass is 16.6. The lowest BCUT2D eigenvalue weighted by atomic mass is 9.44. The minimum absolute atomic E-state index is 0.139. The van der Waals surface area contributed by atoms with Crippen molar-refractivity contribution in [1.82, 2.24) is 0 Å². The van der Waals surface area contributed by atoms with E-state index in [4.69, 9.17) is 19.6 Å². The first-order chi connectivity index (χ1) is 14.5. The van der Waals surface area contributed by atoms with Gasteiger partial charge in [-0.15, -0.1) is 0 Å². The van der Waals surface area contributed by atoms with Crippen LogP contribution >= 0.6 is 0 Å². The van der Waals surface area contributed by atoms with Crippen molar-refractivity contribution in [2.45, 2.75) is 95.4 Å². The summed E-state index contributed by atoms with van der Waals surface area (Å²) in [7, 11) is 0. The lowest BCUT2D eigenvalue weighted by Gasteiger charge is -2.61. The summed E-state index contributed by atoms with van der Waals surface area (Å²) in [6.45, 7) is 6.75. The van der Waals surface area contributed by atoms with Gasteiger partial charge in [0, 0.05) is 12.0 Å². The number of fused-ring (bicyclic) bond motifs is 3. The number of epoxide rings is 1. The summed E-state index contributed by atoms with van der Waals surface area (Å²) in [5, 5.41) is 0. The Labute approximate surface area is 181 Å². The fourth-order valence-corrected chi connectivity index (χ4v) is 9.11. The van der Waals surface area contributed by atoms with Crippen LogP contribution in [0, 0.1) is 28.6 Å². The summed E-state index contributed by atoms with van der Waals surface area (Å²) in [5.74, 6) is 2.99. The van der Waals surface area contributed by atoms with E-state index in [1.54, 1.807) is 0 Å². The summed E-state index contributed by atoms with van der Waals surface area (Å²) in [5.41, 5.74) is 7.94. The highest BCUT2D eigenvalue weighted by molar-refractivity contribution is 5.35. The molecule has 4 nitrogen and oxygen atoms in total. The molecule has 5 aliphatic rings. The number of nitrogens with two attached hydrogens (primary N) is 1. The van der Waals surface area contributed by atoms with Crippen LogP contribution in [0.3, 0.4) is 0 Å². The molecule has 9 atom stereocenters. The van der Waals surface area contributed by atoms with Crippen molar-refractivity contribution in [3.8, 4) is 0 Å². The average Bonchev–Trinajstić information content (AvgIpc) is 3.09. The minimum atomic E-state index is 0.139. The van der Waals surface area contributed by atoms with Crippen molar-refractivity contribution in [2.24, 2.45) is 34.3 Å². The largest absolute Gasteiger partial charge is 0.472 e. The van der Waals surface area contributed by atoms with Crippen LogP contribution in [0.15, 0.2) is 23.0 Å². The number of rotatable bonds is 5. The zero-order chi connectivity index (χ0) is 20.6. The lowest BCUT2D eigenvalue weighted by Crippen LogP contribution is -2.58. The van der Waals surface area contributed by atoms with Gasteiger partial charge in [0.05, 0.1) is 24.7 Å². The summed E-state index contributed by atoms with van der Waals surface area (Å²) < 4.78 is 18.4. The maximum absolute atomic E-state index is 6.69. The van der Waals surface area contributed by atoms with Crippen LogP contribution in [-0.4, -0.2) is 31.0 Å². The van der Waals surface area contributed by atoms with Crippen LogP contribution in [0.1, 0.15) is 83.1 Å². The second-order valence-electron chi connectivity index (χ2n) is 11.6. The zero-order valence-corrected chi connectivity index (χ0v) is 18.8. The van der Waals surface area contributed by atoms with Gasteiger partial charge in [-0.1, -0.05) is 13.8 Å². The first-order valence-corrected chi connectivity index (χ1v) is 12.5. The molecule has 4 saturated carbocycles. The van der Waals surface area contributed by atoms with E-state index in [1.165, 1.54) is 56.9 Å². The van der Waals surface area contributed by atoms with Crippen molar-refractivity contribution in [3.63, 3.8) is 0 Å². The topological polar surface area (TPSA) is 60.9 Å². The minimum Gasteiger partial charge on any atom is -0.472 e. The average molecular weight is 414 g/mol. The van der Waals surface area contributed by atoms with Gasteiger partial charge in [0.1, 0.15) is 5.60 Å². The normalized spacial score (nSPS) is 51.6. The van der Waals surface area contributed by atoms with E-state index in [0.717, 1.165) is 37.3 Å². The molecule has 2 heterocycles. The summed E-state index contributed by atoms with van der Waals surface area (Å²) in [6.07, 6.45) is 16.2. The fourth-order valence-electron chi connectivity index (χ4n) is 9.11. The third-order valence-electron chi connectivity index (χ3n) is 10.7. The Balaban J connectivity index is 1.23. The third-order valence-corrected chi connectivity index (χ3v) is 10.7. The van der Waals surface area contributed by atoms with Crippen LogP contribution in [0.5, 0.6) is 0 Å². The SMILES string of the molecule is C[C@]12CC[C@H](OCCCN)C[C@H]1CC[C@@H]1[C@@H]2CC[C@]2(C)[C@@H](c3ccoc3)C[C@@H]3O[C@]312. The van der Waals surface area contributed by atoms with Gasteiger partial charge in [0.2, 0.25) is 0 Å². The molecule has 2 N–H and O–H groups in total. The summed E-state index contributed by atoms with van der Waals surface area (Å²) in [6, 6.07) is 2.20. The Hall–Kier alpha value is -0.840. The monoisotopic (exact) mass is 413 g/mol. The van der Waals surface area contributed by atoms with Crippen LogP contribution < -0.4 is 5.73 Å². The third kappa shape index (κ3) is 2.50. The second kappa shape index (κ2) is 6.83. The molecule has 0 aromatic carbocycles. The van der Waals surface area contributed by atoms with E-state index in [1.807, 2.05) is 12.5 Å². The summed E-state index contributed by atoms with van der Waals surface area (Å²) >= 11 is 0. The molecule has 1 saturated heterocycles. The number of ether oxygens (including phenoxy) is 2. The first-order valence-electron chi connectivity index (χ1n) is 12.5. The van der Waals surface area contributed by atoms with Gasteiger partial charge in [-0.2, -0.15) is 0 Å². The Morgan fingerprint density at radius 3 is 2.80 bits per heavy atom. The molecular formula is C26H39NO3. The number of hydrogen-bond donors (Lipinski definition) is 1. The van der Waals surface area contributed by atoms with Gasteiger partial charge in [-0.3, -0.25) is 0 Å². The number of furan rings is 1. The first kappa shape index (κ1) is 19.8. The zero-order valence-electron chi connectivity index (χ0n) is 18.8. The van der Waals surface area contributed by atoms with E-state index >= 15 is 0 Å². The van der Waals surface area contributed by atoms with E-state index in [9.17, 15) is 0 Å². The van der Waals surface area contributed by atoms with Crippen molar-refractivity contribution < 1.29 is 13.9 Å². The van der Waals surface area contributed by atoms with Crippen molar-refractivity contribution >= 4 is 0 Å². The van der Waals surface area contributed by atoms with Crippen molar-refractivity contribution in [2.75, 3.05) is 13.2 Å². The molecule has 1 aliphatic heterocycles. The van der Waals surface area contributed by atoms with Gasteiger partial charge in [-0.25, -0.2) is 0 Å². The van der Waals surface area contributed by atoms with E-state index in [2.05, 4.69) is 19.9 Å². The maximum Gasteiger partial charge on any atom is 0.104 e. The molecule has 1 spiro atoms. The van der Waals surface area contributed by atoms with Crippen LogP contribution in [0.25, 0.3) is 0 Å². The molecule has 0 unspecified atom stereocenters. The predicted octanol–water partition coefficient (Wildman–Crippen LogP) is 5.27. The van der Waals surface area contributed by atoms with Gasteiger partial charge in [0.25, 0.3) is 0 Å². The maximum atomic E-state index is 6.69. The molecule has 5 fully saturated rings. The molecule has 30 heavy (non-hydrogen) atoms. The molecule has 4 heteroatoms. The Bertz CT molecular complexity index is 779. The smallest absolute Gasteiger partial charge is 0.104 e. The lowest BCUT2D eigenvalue weighted by molar-refractivity contribution is -0.145. The van der Waals surface area contributed by atoms with Gasteiger partial charge in [-0.05, 0) is 105 Å². The molecule has 0 bridgehead atoms. The molecular weight excluding hydrogens is 374 g/mol. The molecule has 1 aromatic rings. The molecule has 166 valence electrons. The van der Waals surface area contributed by atoms with Gasteiger partial charge < -0.3 is 19.6 Å². The standard InChI is InChI=1S/C26H39NO3/c1-24-9-6-19(29-12-3-11-27)14-18(24)4-5-21-20(24)7-10-25(2)22(17-8-13-28-16-17)15-23-26(21,25)30-23/h8,13,16,18-23H,3-7,9-12,14-15,27H2,1-2H3/t18-,19+,20+,21-,22-,23+,24+,25-,26+/m1/s1. The Kier molecular flexibility index (Phi) is 4.51. The van der Waals surface area contributed by atoms with Crippen LogP contribution in [-0.2, 0) is 9.47 Å². The second-order valence-corrected chi connectivity index (χ2v) is 11.6. The van der Waals surface area contributed by atoms with Crippen LogP contribution in [0.4, 0.5) is 0 Å². The molecule has 0 amide bonds. The highest BCUT2D eigenvalue weighted by Gasteiger charge is 2.80. The Morgan fingerprint density at radius 1 is 1.10 bits per heavy atom. The van der Waals surface area contributed by atoms with Gasteiger partial charge >= 0.3 is 0 Å². The molecule has 4 aliphatic carbocycles. The molecule has 1 aromatic heterocycles. The fraction of sp³-hybridized carbons (Fsp3) is 0.846. The Morgan fingerprint density at radius 2 is 2.00 bits per heavy atom. The van der Waals surface area contributed by atoms with Crippen LogP contribution in [0.2, 0.25) is 0 Å². The van der Waals surface area contributed by atoms with Gasteiger partial charge in [0.15, 0.2) is 0 Å². The van der Waals surface area contributed by atoms with Crippen molar-refractivity contribution in [3.05, 3.63) is 24.2 Å². The predicted molar refractivity (Wildman–Crippen MR) is 116 cm³/mol. The summed E-state index contributed by atoms with van der Waals surface area (Å²) in [4.78, 5) is 0. The van der Waals surface area contributed by atoms with E-state index < -0.39 is 0 Å². The molecule has 6 rings (SSSR count). The van der Waals surface area contributed by atoms with Crippen molar-refractivity contribution in [1.29, 1.82) is 0 Å². The molecule has 0 radical (unpaired) electrons. The van der Waals surface area contributed by atoms with E-state index in [0.29, 0.717) is 23.5 Å². The van der Waals surface area contributed by atoms with E-state index in [-0.39, 0.29) is 11.0 Å². The number of hydrogen-bond acceptors (Lipinski definition) is 4.